The summed E-state index contributed by atoms with van der Waals surface area (Å²) in [7, 11) is 1.58. The van der Waals surface area contributed by atoms with E-state index in [0.717, 1.165) is 16.6 Å². The third kappa shape index (κ3) is 5.49. The van der Waals surface area contributed by atoms with Crippen LogP contribution in [0.3, 0.4) is 0 Å². The van der Waals surface area contributed by atoms with Gasteiger partial charge in [-0.1, -0.05) is 33.8 Å². The number of amides is 1. The van der Waals surface area contributed by atoms with E-state index in [0.29, 0.717) is 17.7 Å². The van der Waals surface area contributed by atoms with Gasteiger partial charge in [-0.2, -0.15) is 0 Å². The van der Waals surface area contributed by atoms with E-state index >= 15 is 0 Å². The maximum atomic E-state index is 12.8. The highest BCUT2D eigenvalue weighted by molar-refractivity contribution is 6.13. The molecule has 0 spiro atoms. The molecule has 0 bridgehead atoms. The van der Waals surface area contributed by atoms with Gasteiger partial charge in [0.05, 0.1) is 18.2 Å². The fourth-order valence-electron chi connectivity index (χ4n) is 2.80. The maximum Gasteiger partial charge on any atom is 0.258 e. The van der Waals surface area contributed by atoms with Crippen molar-refractivity contribution in [1.29, 1.82) is 0 Å². The van der Waals surface area contributed by atoms with Crippen LogP contribution < -0.4 is 4.90 Å². The number of allylic oxidation sites excluding steroid dienone is 1. The Morgan fingerprint density at radius 1 is 1.25 bits per heavy atom. The fraction of sp³-hybridized carbons (Fsp3) is 0.391. The van der Waals surface area contributed by atoms with Crippen molar-refractivity contribution in [3.8, 4) is 0 Å². The van der Waals surface area contributed by atoms with E-state index in [2.05, 4.69) is 4.98 Å². The van der Waals surface area contributed by atoms with Gasteiger partial charge in [-0.25, -0.2) is 4.39 Å². The molecule has 3 rings (SSSR count). The Kier molecular flexibility index (Phi) is 10.1. The summed E-state index contributed by atoms with van der Waals surface area (Å²) in [5.74, 6) is -0.137. The molecule has 1 saturated heterocycles. The number of carbonyl (C=O) groups excluding carboxylic acids is 1. The first kappa shape index (κ1) is 23.5. The van der Waals surface area contributed by atoms with E-state index in [4.69, 9.17) is 4.74 Å². The molecule has 1 unspecified atom stereocenters. The van der Waals surface area contributed by atoms with Crippen molar-refractivity contribution in [2.24, 2.45) is 0 Å². The second-order valence-corrected chi connectivity index (χ2v) is 5.68. The third-order valence-electron chi connectivity index (χ3n) is 4.14. The lowest BCUT2D eigenvalue weighted by Gasteiger charge is -2.15. The van der Waals surface area contributed by atoms with Crippen LogP contribution in [-0.2, 0) is 9.53 Å². The minimum Gasteiger partial charge on any atom is -0.378 e. The Labute approximate surface area is 167 Å². The van der Waals surface area contributed by atoms with Gasteiger partial charge in [0.15, 0.2) is 0 Å². The Hall–Kier alpha value is -2.53. The predicted molar refractivity (Wildman–Crippen MR) is 115 cm³/mol. The molecule has 0 N–H and O–H groups in total. The minimum atomic E-state index is -0.600. The largest absolute Gasteiger partial charge is 0.378 e. The van der Waals surface area contributed by atoms with Gasteiger partial charge >= 0.3 is 0 Å². The number of anilines is 1. The number of rotatable bonds is 4. The number of ether oxygens (including phenoxy) is 1. The van der Waals surface area contributed by atoms with Crippen molar-refractivity contribution < 1.29 is 13.9 Å². The van der Waals surface area contributed by atoms with E-state index in [-0.39, 0.29) is 12.0 Å². The fourth-order valence-corrected chi connectivity index (χ4v) is 2.80. The van der Waals surface area contributed by atoms with Gasteiger partial charge in [0, 0.05) is 30.0 Å². The number of hydrogen-bond donors (Lipinski definition) is 0. The summed E-state index contributed by atoms with van der Waals surface area (Å²) in [6.07, 6.45) is 4.71. The molecule has 28 heavy (non-hydrogen) atoms. The van der Waals surface area contributed by atoms with Crippen LogP contribution in [0.2, 0.25) is 0 Å². The van der Waals surface area contributed by atoms with Crippen LogP contribution in [0.4, 0.5) is 10.1 Å². The summed E-state index contributed by atoms with van der Waals surface area (Å²) in [6.45, 7) is 9.60. The summed E-state index contributed by atoms with van der Waals surface area (Å²) < 4.78 is 18.0. The van der Waals surface area contributed by atoms with Gasteiger partial charge in [0.2, 0.25) is 0 Å². The Morgan fingerprint density at radius 3 is 2.61 bits per heavy atom. The first-order valence-electron chi connectivity index (χ1n) is 9.80. The molecule has 4 nitrogen and oxygen atoms in total. The van der Waals surface area contributed by atoms with Crippen molar-refractivity contribution in [2.75, 3.05) is 25.2 Å². The Morgan fingerprint density at radius 2 is 1.96 bits per heavy atom. The van der Waals surface area contributed by atoms with Crippen LogP contribution >= 0.6 is 0 Å². The normalized spacial score (nSPS) is 17.2. The molecule has 0 radical (unpaired) electrons. The SMILES string of the molecule is CC.CC.COC(C)/C=C1/C(=O)N(c2ccc3ncccc3c2)C/C1=C/CF. The van der Waals surface area contributed by atoms with E-state index in [1.54, 1.807) is 24.3 Å². The second-order valence-electron chi connectivity index (χ2n) is 5.68. The van der Waals surface area contributed by atoms with E-state index in [1.807, 2.05) is 65.0 Å². The summed E-state index contributed by atoms with van der Waals surface area (Å²) >= 11 is 0. The maximum absolute atomic E-state index is 12.8. The van der Waals surface area contributed by atoms with Crippen LogP contribution in [0.1, 0.15) is 34.6 Å². The molecular weight excluding hydrogens is 355 g/mol. The summed E-state index contributed by atoms with van der Waals surface area (Å²) in [6, 6.07) is 9.49. The first-order valence-corrected chi connectivity index (χ1v) is 9.80. The number of halogens is 1. The van der Waals surface area contributed by atoms with Crippen LogP contribution in [0.25, 0.3) is 10.9 Å². The summed E-state index contributed by atoms with van der Waals surface area (Å²) in [4.78, 5) is 18.7. The molecular formula is C23H31FN2O2. The molecule has 0 saturated carbocycles. The predicted octanol–water partition coefficient (Wildman–Crippen LogP) is 5.49. The molecule has 1 aromatic heterocycles. The number of pyridine rings is 1. The van der Waals surface area contributed by atoms with Gasteiger partial charge in [-0.05, 0) is 48.9 Å². The molecule has 1 aliphatic heterocycles. The number of alkyl halides is 1. The average Bonchev–Trinajstić information content (AvgIpc) is 3.06. The summed E-state index contributed by atoms with van der Waals surface area (Å²) in [5, 5.41) is 0.960. The number of carbonyl (C=O) groups is 1. The van der Waals surface area contributed by atoms with E-state index < -0.39 is 6.67 Å². The molecule has 0 aliphatic carbocycles. The summed E-state index contributed by atoms with van der Waals surface area (Å²) in [5.41, 5.74) is 2.85. The monoisotopic (exact) mass is 386 g/mol. The van der Waals surface area contributed by atoms with Gasteiger partial charge in [0.1, 0.15) is 6.67 Å². The van der Waals surface area contributed by atoms with Crippen molar-refractivity contribution >= 4 is 22.5 Å². The Balaban J connectivity index is 0.000000921. The Bertz CT molecular complexity index is 830. The molecule has 2 aromatic rings. The molecule has 1 amide bonds. The minimum absolute atomic E-state index is 0.137. The van der Waals surface area contributed by atoms with Crippen molar-refractivity contribution in [2.45, 2.75) is 40.7 Å². The van der Waals surface area contributed by atoms with Crippen LogP contribution in [0, 0.1) is 0 Å². The number of benzene rings is 1. The van der Waals surface area contributed by atoms with Gasteiger partial charge in [-0.15, -0.1) is 0 Å². The standard InChI is InChI=1S/C19H19FN2O2.2C2H6/c1-13(24-2)10-17-15(7-8-20)12-22(19(17)23)16-5-6-18-14(11-16)4-3-9-21-18;2*1-2/h3-7,9-11,13H,8,12H2,1-2H3;2*1-2H3/b15-7-,17-10+;;. The quantitative estimate of drug-likeness (QED) is 0.653. The zero-order valence-electron chi connectivity index (χ0n) is 17.7. The average molecular weight is 387 g/mol. The smallest absolute Gasteiger partial charge is 0.258 e. The number of fused-ring (bicyclic) bond motifs is 1. The lowest BCUT2D eigenvalue weighted by Crippen LogP contribution is -2.24. The van der Waals surface area contributed by atoms with Crippen molar-refractivity contribution in [3.63, 3.8) is 0 Å². The van der Waals surface area contributed by atoms with Gasteiger partial charge < -0.3 is 9.64 Å². The molecule has 1 fully saturated rings. The highest BCUT2D eigenvalue weighted by atomic mass is 19.1. The zero-order valence-corrected chi connectivity index (χ0v) is 17.7. The number of hydrogen-bond acceptors (Lipinski definition) is 3. The third-order valence-corrected chi connectivity index (χ3v) is 4.14. The number of nitrogens with zero attached hydrogens (tertiary/aromatic N) is 2. The number of methoxy groups -OCH3 is 1. The van der Waals surface area contributed by atoms with Crippen molar-refractivity contribution in [3.05, 3.63) is 59.8 Å². The lowest BCUT2D eigenvalue weighted by molar-refractivity contribution is -0.114. The van der Waals surface area contributed by atoms with Crippen LogP contribution in [-0.4, -0.2) is 37.3 Å². The molecule has 152 valence electrons. The first-order chi connectivity index (χ1) is 13.6. The topological polar surface area (TPSA) is 42.4 Å². The van der Waals surface area contributed by atoms with Gasteiger partial charge in [-0.3, -0.25) is 9.78 Å². The highest BCUT2D eigenvalue weighted by Crippen LogP contribution is 2.31. The van der Waals surface area contributed by atoms with Crippen LogP contribution in [0.15, 0.2) is 59.8 Å². The van der Waals surface area contributed by atoms with Crippen LogP contribution in [0.5, 0.6) is 0 Å². The second kappa shape index (κ2) is 12.0. The lowest BCUT2D eigenvalue weighted by atomic mass is 10.1. The molecule has 2 heterocycles. The van der Waals surface area contributed by atoms with Gasteiger partial charge in [0.25, 0.3) is 5.91 Å². The molecule has 1 aliphatic rings. The molecule has 1 aromatic carbocycles. The highest BCUT2D eigenvalue weighted by Gasteiger charge is 2.31. The van der Waals surface area contributed by atoms with Crippen molar-refractivity contribution in [1.82, 2.24) is 4.98 Å². The van der Waals surface area contributed by atoms with E-state index in [9.17, 15) is 9.18 Å². The van der Waals surface area contributed by atoms with E-state index in [1.165, 1.54) is 6.08 Å². The number of aromatic nitrogens is 1. The molecule has 1 atom stereocenters. The molecule has 5 heteroatoms. The zero-order chi connectivity index (χ0) is 21.1.